The lowest BCUT2D eigenvalue weighted by Crippen LogP contribution is -2.50. The number of hydrogen-bond acceptors (Lipinski definition) is 6. The third-order valence-electron chi connectivity index (χ3n) is 4.09. The van der Waals surface area contributed by atoms with Gasteiger partial charge in [0.2, 0.25) is 11.7 Å². The number of aromatic nitrogens is 2. The van der Waals surface area contributed by atoms with Gasteiger partial charge in [0.15, 0.2) is 0 Å². The molecule has 1 saturated heterocycles. The maximum absolute atomic E-state index is 12.3. The number of para-hydroxylation sites is 2. The van der Waals surface area contributed by atoms with Gasteiger partial charge in [0.05, 0.1) is 18.7 Å². The van der Waals surface area contributed by atoms with Crippen molar-refractivity contribution in [1.29, 1.82) is 0 Å². The second-order valence-electron chi connectivity index (χ2n) is 5.70. The number of rotatable bonds is 4. The summed E-state index contributed by atoms with van der Waals surface area (Å²) < 4.78 is 10.6. The van der Waals surface area contributed by atoms with E-state index in [1.807, 2.05) is 29.0 Å². The first-order chi connectivity index (χ1) is 12.2. The molecule has 4 rings (SSSR count). The van der Waals surface area contributed by atoms with Crippen LogP contribution in [0.25, 0.3) is 11.4 Å². The van der Waals surface area contributed by atoms with Crippen LogP contribution in [0, 0.1) is 0 Å². The minimum Gasteiger partial charge on any atom is -0.495 e. The van der Waals surface area contributed by atoms with Crippen molar-refractivity contribution < 1.29 is 14.1 Å². The van der Waals surface area contributed by atoms with Gasteiger partial charge < -0.3 is 19.5 Å². The molecule has 1 N–H and O–H groups in total. The van der Waals surface area contributed by atoms with Crippen LogP contribution in [0.15, 0.2) is 45.6 Å². The molecule has 25 heavy (non-hydrogen) atoms. The highest BCUT2D eigenvalue weighted by Gasteiger charge is 2.36. The summed E-state index contributed by atoms with van der Waals surface area (Å²) in [6, 6.07) is 9.10. The van der Waals surface area contributed by atoms with Gasteiger partial charge in [-0.2, -0.15) is 16.3 Å². The van der Waals surface area contributed by atoms with Crippen molar-refractivity contribution in [2.45, 2.75) is 5.92 Å². The van der Waals surface area contributed by atoms with E-state index >= 15 is 0 Å². The second kappa shape index (κ2) is 6.56. The van der Waals surface area contributed by atoms with E-state index < -0.39 is 0 Å². The number of carbonyl (C=O) groups is 1. The molecule has 2 amide bonds. The summed E-state index contributed by atoms with van der Waals surface area (Å²) in [5, 5.41) is 10.8. The van der Waals surface area contributed by atoms with Crippen LogP contribution in [0.3, 0.4) is 0 Å². The van der Waals surface area contributed by atoms with Crippen molar-refractivity contribution in [3.8, 4) is 17.1 Å². The number of thiophene rings is 1. The third-order valence-corrected chi connectivity index (χ3v) is 4.77. The van der Waals surface area contributed by atoms with Crippen LogP contribution in [0.5, 0.6) is 5.75 Å². The number of carbonyl (C=O) groups excluding carboxylic acids is 1. The molecule has 8 heteroatoms. The number of anilines is 1. The zero-order valence-corrected chi connectivity index (χ0v) is 14.3. The van der Waals surface area contributed by atoms with Crippen molar-refractivity contribution in [1.82, 2.24) is 15.0 Å². The fraction of sp³-hybridized carbons (Fsp3) is 0.235. The van der Waals surface area contributed by atoms with Crippen LogP contribution in [0.2, 0.25) is 0 Å². The Kier molecular flexibility index (Phi) is 4.10. The number of urea groups is 1. The highest BCUT2D eigenvalue weighted by Crippen LogP contribution is 2.30. The monoisotopic (exact) mass is 356 g/mol. The van der Waals surface area contributed by atoms with E-state index in [0.717, 1.165) is 5.56 Å². The molecule has 1 aliphatic rings. The van der Waals surface area contributed by atoms with E-state index in [2.05, 4.69) is 15.5 Å². The van der Waals surface area contributed by atoms with E-state index in [-0.39, 0.29) is 11.9 Å². The summed E-state index contributed by atoms with van der Waals surface area (Å²) in [5.74, 6) is 1.87. The molecule has 2 aromatic heterocycles. The number of ether oxygens (including phenoxy) is 1. The van der Waals surface area contributed by atoms with E-state index in [1.54, 1.807) is 35.5 Å². The summed E-state index contributed by atoms with van der Waals surface area (Å²) >= 11 is 1.59. The van der Waals surface area contributed by atoms with E-state index in [1.165, 1.54) is 0 Å². The Balaban J connectivity index is 1.36. The molecule has 3 heterocycles. The van der Waals surface area contributed by atoms with E-state index in [4.69, 9.17) is 9.26 Å². The van der Waals surface area contributed by atoms with Crippen molar-refractivity contribution >= 4 is 23.1 Å². The molecule has 0 atom stereocenters. The number of hydrogen-bond donors (Lipinski definition) is 1. The fourth-order valence-corrected chi connectivity index (χ4v) is 3.29. The van der Waals surface area contributed by atoms with Gasteiger partial charge >= 0.3 is 6.03 Å². The van der Waals surface area contributed by atoms with Gasteiger partial charge in [0.1, 0.15) is 5.75 Å². The Morgan fingerprint density at radius 3 is 2.96 bits per heavy atom. The average Bonchev–Trinajstić information content (AvgIpc) is 3.25. The SMILES string of the molecule is COc1ccccc1NC(=O)N1CC(c2nc(-c3ccsc3)no2)C1. The topological polar surface area (TPSA) is 80.5 Å². The predicted molar refractivity (Wildman–Crippen MR) is 93.9 cm³/mol. The minimum absolute atomic E-state index is 0.0725. The molecule has 7 nitrogen and oxygen atoms in total. The van der Waals surface area contributed by atoms with Crippen LogP contribution in [-0.2, 0) is 0 Å². The lowest BCUT2D eigenvalue weighted by atomic mass is 10.0. The number of likely N-dealkylation sites (tertiary alicyclic amines) is 1. The van der Waals surface area contributed by atoms with Crippen LogP contribution in [0.4, 0.5) is 10.5 Å². The van der Waals surface area contributed by atoms with Gasteiger partial charge in [-0.15, -0.1) is 0 Å². The van der Waals surface area contributed by atoms with Crippen LogP contribution in [0.1, 0.15) is 11.8 Å². The van der Waals surface area contributed by atoms with Crippen molar-refractivity contribution in [3.63, 3.8) is 0 Å². The van der Waals surface area contributed by atoms with Gasteiger partial charge in [0.25, 0.3) is 0 Å². The summed E-state index contributed by atoms with van der Waals surface area (Å²) in [7, 11) is 1.57. The van der Waals surface area contributed by atoms with Gasteiger partial charge in [-0.05, 0) is 23.6 Å². The van der Waals surface area contributed by atoms with Crippen molar-refractivity contribution in [2.24, 2.45) is 0 Å². The zero-order valence-electron chi connectivity index (χ0n) is 13.5. The molecule has 0 radical (unpaired) electrons. The first-order valence-corrected chi connectivity index (χ1v) is 8.74. The van der Waals surface area contributed by atoms with E-state index in [0.29, 0.717) is 36.2 Å². The van der Waals surface area contributed by atoms with Gasteiger partial charge in [-0.3, -0.25) is 0 Å². The smallest absolute Gasteiger partial charge is 0.321 e. The number of nitrogens with zero attached hydrogens (tertiary/aromatic N) is 3. The Hall–Kier alpha value is -2.87. The third kappa shape index (κ3) is 3.08. The Bertz CT molecular complexity index is 872. The molecule has 0 spiro atoms. The summed E-state index contributed by atoms with van der Waals surface area (Å²) in [4.78, 5) is 18.5. The highest BCUT2D eigenvalue weighted by molar-refractivity contribution is 7.08. The average molecular weight is 356 g/mol. The van der Waals surface area contributed by atoms with Crippen molar-refractivity contribution in [2.75, 3.05) is 25.5 Å². The van der Waals surface area contributed by atoms with Crippen LogP contribution >= 0.6 is 11.3 Å². The molecule has 128 valence electrons. The number of amides is 2. The molecular formula is C17H16N4O3S. The van der Waals surface area contributed by atoms with Crippen molar-refractivity contribution in [3.05, 3.63) is 47.0 Å². The quantitative estimate of drug-likeness (QED) is 0.774. The largest absolute Gasteiger partial charge is 0.495 e. The molecule has 0 unspecified atom stereocenters. The zero-order chi connectivity index (χ0) is 17.2. The molecular weight excluding hydrogens is 340 g/mol. The molecule has 1 fully saturated rings. The fourth-order valence-electron chi connectivity index (χ4n) is 2.65. The van der Waals surface area contributed by atoms with Gasteiger partial charge in [0, 0.05) is 24.0 Å². The predicted octanol–water partition coefficient (Wildman–Crippen LogP) is 3.44. The molecule has 1 aromatic carbocycles. The molecule has 0 aliphatic carbocycles. The molecule has 3 aromatic rings. The first-order valence-electron chi connectivity index (χ1n) is 7.79. The maximum atomic E-state index is 12.3. The summed E-state index contributed by atoms with van der Waals surface area (Å²) in [5.41, 5.74) is 1.60. The van der Waals surface area contributed by atoms with Gasteiger partial charge in [-0.25, -0.2) is 4.79 Å². The summed E-state index contributed by atoms with van der Waals surface area (Å²) in [6.07, 6.45) is 0. The lowest BCUT2D eigenvalue weighted by Gasteiger charge is -2.36. The van der Waals surface area contributed by atoms with E-state index in [9.17, 15) is 4.79 Å². The Morgan fingerprint density at radius 2 is 2.20 bits per heavy atom. The lowest BCUT2D eigenvalue weighted by molar-refractivity contribution is 0.147. The standard InChI is InChI=1S/C17H16N4O3S/c1-23-14-5-3-2-4-13(14)18-17(22)21-8-12(9-21)16-19-15(20-24-16)11-6-7-25-10-11/h2-7,10,12H,8-9H2,1H3,(H,18,22). The Labute approximate surface area is 148 Å². The number of nitrogens with one attached hydrogen (secondary N) is 1. The van der Waals surface area contributed by atoms with Gasteiger partial charge in [-0.1, -0.05) is 17.3 Å². The molecule has 1 aliphatic heterocycles. The highest BCUT2D eigenvalue weighted by atomic mass is 32.1. The Morgan fingerprint density at radius 1 is 1.36 bits per heavy atom. The summed E-state index contributed by atoms with van der Waals surface area (Å²) in [6.45, 7) is 1.10. The maximum Gasteiger partial charge on any atom is 0.321 e. The first kappa shape index (κ1) is 15.6. The minimum atomic E-state index is -0.168. The number of methoxy groups -OCH3 is 1. The molecule has 0 bridgehead atoms. The van der Waals surface area contributed by atoms with Crippen LogP contribution < -0.4 is 10.1 Å². The molecule has 0 saturated carbocycles. The number of benzene rings is 1. The normalized spacial score (nSPS) is 14.2. The van der Waals surface area contributed by atoms with Crippen LogP contribution in [-0.4, -0.2) is 41.3 Å². The second-order valence-corrected chi connectivity index (χ2v) is 6.48.